The summed E-state index contributed by atoms with van der Waals surface area (Å²) >= 11 is 1.52. The van der Waals surface area contributed by atoms with Gasteiger partial charge in [-0.25, -0.2) is 4.79 Å². The molecule has 0 atom stereocenters. The first-order chi connectivity index (χ1) is 16.5. The summed E-state index contributed by atoms with van der Waals surface area (Å²) in [5.41, 5.74) is 4.13. The lowest BCUT2D eigenvalue weighted by molar-refractivity contribution is 0.415. The van der Waals surface area contributed by atoms with E-state index in [1.807, 2.05) is 66.9 Å². The number of aromatic nitrogens is 3. The molecule has 5 rings (SSSR count). The molecular formula is C26H23N3O4S. The predicted octanol–water partition coefficient (Wildman–Crippen LogP) is 5.61. The van der Waals surface area contributed by atoms with Crippen LogP contribution in [0.25, 0.3) is 22.4 Å². The molecule has 0 saturated heterocycles. The van der Waals surface area contributed by atoms with E-state index in [0.717, 1.165) is 44.3 Å². The molecule has 3 aromatic heterocycles. The Bertz CT molecular complexity index is 1520. The van der Waals surface area contributed by atoms with Gasteiger partial charge in [-0.15, -0.1) is 10.2 Å². The van der Waals surface area contributed by atoms with Crippen LogP contribution in [0.4, 0.5) is 0 Å². The molecule has 0 aliphatic heterocycles. The smallest absolute Gasteiger partial charge is 0.336 e. The highest BCUT2D eigenvalue weighted by molar-refractivity contribution is 7.98. The molecule has 0 saturated carbocycles. The van der Waals surface area contributed by atoms with Crippen LogP contribution in [0.15, 0.2) is 79.6 Å². The van der Waals surface area contributed by atoms with Crippen LogP contribution in [-0.2, 0) is 12.3 Å². The number of nitrogens with zero attached hydrogens (tertiary/aromatic N) is 3. The number of hydrogen-bond donors (Lipinski definition) is 0. The van der Waals surface area contributed by atoms with E-state index in [1.165, 1.54) is 11.8 Å². The Balaban J connectivity index is 1.53. The van der Waals surface area contributed by atoms with Crippen LogP contribution < -0.4 is 10.4 Å². The lowest BCUT2D eigenvalue weighted by Gasteiger charge is -2.11. The molecule has 0 fully saturated rings. The summed E-state index contributed by atoms with van der Waals surface area (Å²) in [4.78, 5) is 12.3. The number of hydrogen-bond acceptors (Lipinski definition) is 7. The van der Waals surface area contributed by atoms with Gasteiger partial charge in [-0.1, -0.05) is 36.0 Å². The van der Waals surface area contributed by atoms with E-state index in [-0.39, 0.29) is 5.63 Å². The van der Waals surface area contributed by atoms with Crippen molar-refractivity contribution >= 4 is 22.7 Å². The van der Waals surface area contributed by atoms with Crippen molar-refractivity contribution in [3.8, 4) is 17.1 Å². The zero-order chi connectivity index (χ0) is 23.7. The minimum absolute atomic E-state index is 0.356. The standard InChI is InChI=1S/C26H23N3O4S/c1-16-9-10-22-19(13-23(30)33-24(22)17(16)2)15-34-26-28-27-25(18-6-4-7-20(12-18)31-3)29(26)14-21-8-5-11-32-21/h4-13H,14-15H2,1-3H3. The fourth-order valence-corrected chi connectivity index (χ4v) is 4.79. The summed E-state index contributed by atoms with van der Waals surface area (Å²) in [6.45, 7) is 4.45. The summed E-state index contributed by atoms with van der Waals surface area (Å²) in [6.07, 6.45) is 1.65. The third-order valence-electron chi connectivity index (χ3n) is 5.81. The van der Waals surface area contributed by atoms with Crippen molar-refractivity contribution in [3.63, 3.8) is 0 Å². The van der Waals surface area contributed by atoms with Gasteiger partial charge in [0.25, 0.3) is 0 Å². The zero-order valence-corrected chi connectivity index (χ0v) is 19.9. The monoisotopic (exact) mass is 473 g/mol. The lowest BCUT2D eigenvalue weighted by atomic mass is 10.0. The molecule has 2 aromatic carbocycles. The number of furan rings is 1. The Morgan fingerprint density at radius 2 is 1.94 bits per heavy atom. The highest BCUT2D eigenvalue weighted by atomic mass is 32.2. The molecule has 34 heavy (non-hydrogen) atoms. The highest BCUT2D eigenvalue weighted by Crippen LogP contribution is 2.31. The summed E-state index contributed by atoms with van der Waals surface area (Å²) < 4.78 is 18.5. The molecule has 0 amide bonds. The van der Waals surface area contributed by atoms with Crippen molar-refractivity contribution in [2.24, 2.45) is 0 Å². The Hall–Kier alpha value is -3.78. The van der Waals surface area contributed by atoms with Gasteiger partial charge in [0.1, 0.15) is 17.1 Å². The largest absolute Gasteiger partial charge is 0.497 e. The van der Waals surface area contributed by atoms with E-state index in [1.54, 1.807) is 19.4 Å². The number of aryl methyl sites for hydroxylation is 2. The van der Waals surface area contributed by atoms with E-state index in [2.05, 4.69) is 10.2 Å². The number of benzene rings is 2. The molecule has 0 N–H and O–H groups in total. The molecule has 0 aliphatic carbocycles. The third kappa shape index (κ3) is 4.24. The summed E-state index contributed by atoms with van der Waals surface area (Å²) in [7, 11) is 1.64. The van der Waals surface area contributed by atoms with Crippen molar-refractivity contribution in [2.75, 3.05) is 7.11 Å². The lowest BCUT2D eigenvalue weighted by Crippen LogP contribution is -2.05. The van der Waals surface area contributed by atoms with E-state index in [0.29, 0.717) is 23.7 Å². The number of ether oxygens (including phenoxy) is 1. The first-order valence-electron chi connectivity index (χ1n) is 10.8. The average molecular weight is 474 g/mol. The second kappa shape index (κ2) is 9.23. The van der Waals surface area contributed by atoms with Gasteiger partial charge >= 0.3 is 5.63 Å². The van der Waals surface area contributed by atoms with E-state index in [4.69, 9.17) is 13.6 Å². The van der Waals surface area contributed by atoms with E-state index < -0.39 is 0 Å². The first-order valence-corrected chi connectivity index (χ1v) is 11.8. The van der Waals surface area contributed by atoms with Gasteiger partial charge < -0.3 is 13.6 Å². The number of methoxy groups -OCH3 is 1. The summed E-state index contributed by atoms with van der Waals surface area (Å²) in [6, 6.07) is 17.1. The summed E-state index contributed by atoms with van der Waals surface area (Å²) in [5.74, 6) is 2.79. The highest BCUT2D eigenvalue weighted by Gasteiger charge is 2.18. The minimum Gasteiger partial charge on any atom is -0.497 e. The zero-order valence-electron chi connectivity index (χ0n) is 19.1. The molecule has 5 aromatic rings. The van der Waals surface area contributed by atoms with Crippen LogP contribution in [-0.4, -0.2) is 21.9 Å². The van der Waals surface area contributed by atoms with Crippen molar-refractivity contribution < 1.29 is 13.6 Å². The van der Waals surface area contributed by atoms with Crippen LogP contribution in [0.2, 0.25) is 0 Å². The fourth-order valence-electron chi connectivity index (χ4n) is 3.86. The fraction of sp³-hybridized carbons (Fsp3) is 0.192. The predicted molar refractivity (Wildman–Crippen MR) is 131 cm³/mol. The van der Waals surface area contributed by atoms with Crippen molar-refractivity contribution in [2.45, 2.75) is 31.3 Å². The SMILES string of the molecule is COc1cccc(-c2nnc(SCc3cc(=O)oc4c(C)c(C)ccc34)n2Cc2ccco2)c1. The number of fused-ring (bicyclic) bond motifs is 1. The second-order valence-corrected chi connectivity index (χ2v) is 8.91. The van der Waals surface area contributed by atoms with E-state index in [9.17, 15) is 4.79 Å². The molecule has 0 aliphatic rings. The van der Waals surface area contributed by atoms with E-state index >= 15 is 0 Å². The molecule has 0 radical (unpaired) electrons. The Labute approximate surface area is 200 Å². The molecule has 0 unspecified atom stereocenters. The summed E-state index contributed by atoms with van der Waals surface area (Å²) in [5, 5.41) is 10.6. The van der Waals surface area contributed by atoms with Gasteiger partial charge in [0.2, 0.25) is 0 Å². The van der Waals surface area contributed by atoms with Gasteiger partial charge in [-0.05, 0) is 54.8 Å². The average Bonchev–Trinajstić information content (AvgIpc) is 3.50. The van der Waals surface area contributed by atoms with Crippen LogP contribution in [0, 0.1) is 13.8 Å². The molecule has 0 spiro atoms. The van der Waals surface area contributed by atoms with Crippen molar-refractivity contribution in [1.82, 2.24) is 14.8 Å². The first kappa shape index (κ1) is 22.0. The van der Waals surface area contributed by atoms with Crippen molar-refractivity contribution in [1.29, 1.82) is 0 Å². The van der Waals surface area contributed by atoms with Crippen LogP contribution in [0.1, 0.15) is 22.5 Å². The van der Waals surface area contributed by atoms with Gasteiger partial charge in [-0.3, -0.25) is 4.57 Å². The normalized spacial score (nSPS) is 11.3. The van der Waals surface area contributed by atoms with Crippen LogP contribution in [0.5, 0.6) is 5.75 Å². The van der Waals surface area contributed by atoms with Crippen LogP contribution in [0.3, 0.4) is 0 Å². The van der Waals surface area contributed by atoms with Crippen LogP contribution >= 0.6 is 11.8 Å². The third-order valence-corrected chi connectivity index (χ3v) is 6.83. The van der Waals surface area contributed by atoms with Gasteiger partial charge in [0.05, 0.1) is 19.9 Å². The molecule has 3 heterocycles. The quantitative estimate of drug-likeness (QED) is 0.224. The second-order valence-electron chi connectivity index (χ2n) is 7.97. The Morgan fingerprint density at radius 1 is 1.06 bits per heavy atom. The maximum Gasteiger partial charge on any atom is 0.336 e. The van der Waals surface area contributed by atoms with Crippen molar-refractivity contribution in [3.05, 3.63) is 93.7 Å². The molecule has 0 bridgehead atoms. The topological polar surface area (TPSA) is 83.3 Å². The Morgan fingerprint density at radius 3 is 2.74 bits per heavy atom. The minimum atomic E-state index is -0.356. The number of thioether (sulfide) groups is 1. The molecule has 8 heteroatoms. The van der Waals surface area contributed by atoms with Gasteiger partial charge in [-0.2, -0.15) is 0 Å². The van der Waals surface area contributed by atoms with Gasteiger partial charge in [0, 0.05) is 22.8 Å². The number of rotatable bonds is 7. The molecule has 7 nitrogen and oxygen atoms in total. The maximum atomic E-state index is 12.3. The Kier molecular flexibility index (Phi) is 5.98. The molecule has 172 valence electrons. The van der Waals surface area contributed by atoms with Gasteiger partial charge in [0.15, 0.2) is 11.0 Å². The molecular weight excluding hydrogens is 450 g/mol. The maximum absolute atomic E-state index is 12.3.